The van der Waals surface area contributed by atoms with Crippen LogP contribution in [0.2, 0.25) is 0 Å². The van der Waals surface area contributed by atoms with Crippen LogP contribution in [0.25, 0.3) is 32.0 Å². The quantitative estimate of drug-likeness (QED) is 0.422. The van der Waals surface area contributed by atoms with Gasteiger partial charge in [-0.2, -0.15) is 5.26 Å². The van der Waals surface area contributed by atoms with E-state index in [1.807, 2.05) is 42.5 Å². The van der Waals surface area contributed by atoms with E-state index in [0.717, 1.165) is 36.9 Å². The number of rotatable bonds is 4. The molecule has 4 heteroatoms. The number of thiophene rings is 1. The van der Waals surface area contributed by atoms with Gasteiger partial charge >= 0.3 is 0 Å². The minimum atomic E-state index is -2.39. The number of aromatic nitrogens is 1. The number of carbonyl (C=O) groups excluding carboxylic acids is 1. The first-order valence-electron chi connectivity index (χ1n) is 10.5. The summed E-state index contributed by atoms with van der Waals surface area (Å²) in [4.78, 5) is 17.5. The average Bonchev–Trinajstić information content (AvgIpc) is 3.14. The molecule has 4 rings (SSSR count). The highest BCUT2D eigenvalue weighted by Crippen LogP contribution is 2.39. The molecule has 0 fully saturated rings. The highest BCUT2D eigenvalue weighted by molar-refractivity contribution is 7.19. The van der Waals surface area contributed by atoms with Gasteiger partial charge in [0.25, 0.3) is 0 Å². The van der Waals surface area contributed by atoms with E-state index in [9.17, 15) is 10.1 Å². The second-order valence-electron chi connectivity index (χ2n) is 7.19. The minimum absolute atomic E-state index is 0.145. The van der Waals surface area contributed by atoms with Crippen LogP contribution in [-0.2, 0) is 11.2 Å². The van der Waals surface area contributed by atoms with Crippen molar-refractivity contribution in [3.63, 3.8) is 0 Å². The second-order valence-corrected chi connectivity index (χ2v) is 8.36. The number of fused-ring (bicyclic) bond motifs is 2. The second kappa shape index (κ2) is 6.85. The van der Waals surface area contributed by atoms with Crippen LogP contribution >= 0.6 is 11.3 Å². The standard InChI is InChI=1S/C24H20N2OS/c1-15(27)24(2,3)11-17-10-21-22(13-26-14-23(21)28-17)20-9-8-16(12-25)18-6-4-5-7-19(18)20/h4-10,13-14H,11H2,1-3H3/i2D3. The number of Topliss-reactive ketones (excluding diaryl/α,β-unsaturated/α-hetero) is 1. The molecule has 0 aliphatic heterocycles. The smallest absolute Gasteiger partial charge is 0.135 e. The summed E-state index contributed by atoms with van der Waals surface area (Å²) in [6.45, 7) is 0.467. The van der Waals surface area contributed by atoms with Crippen LogP contribution < -0.4 is 0 Å². The summed E-state index contributed by atoms with van der Waals surface area (Å²) in [6, 6.07) is 15.7. The zero-order chi connectivity index (χ0) is 22.4. The van der Waals surface area contributed by atoms with Gasteiger partial charge in [0.2, 0.25) is 0 Å². The zero-order valence-corrected chi connectivity index (χ0v) is 16.4. The van der Waals surface area contributed by atoms with E-state index in [4.69, 9.17) is 4.11 Å². The number of carbonyl (C=O) groups is 1. The molecule has 0 N–H and O–H groups in total. The Bertz CT molecular complexity index is 1370. The number of pyridine rings is 1. The number of nitrogens with zero attached hydrogens (tertiary/aromatic N) is 2. The maximum atomic E-state index is 12.2. The van der Waals surface area contributed by atoms with Gasteiger partial charge in [-0.3, -0.25) is 9.78 Å². The average molecular weight is 388 g/mol. The molecule has 2 heterocycles. The Hall–Kier alpha value is -3.03. The first kappa shape index (κ1) is 15.0. The van der Waals surface area contributed by atoms with Gasteiger partial charge in [0.15, 0.2) is 0 Å². The molecule has 138 valence electrons. The fourth-order valence-electron chi connectivity index (χ4n) is 3.42. The van der Waals surface area contributed by atoms with E-state index in [2.05, 4.69) is 11.1 Å². The fraction of sp³-hybridized carbons (Fsp3) is 0.208. The van der Waals surface area contributed by atoms with E-state index in [0.29, 0.717) is 5.56 Å². The van der Waals surface area contributed by atoms with Crippen molar-refractivity contribution < 1.29 is 8.91 Å². The Labute approximate surface area is 172 Å². The van der Waals surface area contributed by atoms with Crippen LogP contribution in [0.4, 0.5) is 0 Å². The van der Waals surface area contributed by atoms with E-state index in [1.54, 1.807) is 12.4 Å². The van der Waals surface area contributed by atoms with Crippen molar-refractivity contribution in [3.05, 3.63) is 65.3 Å². The number of benzene rings is 2. The highest BCUT2D eigenvalue weighted by atomic mass is 32.1. The molecule has 2 aromatic heterocycles. The molecule has 1 atom stereocenters. The third-order valence-corrected chi connectivity index (χ3v) is 6.21. The van der Waals surface area contributed by atoms with Gasteiger partial charge in [-0.05, 0) is 36.4 Å². The summed E-state index contributed by atoms with van der Waals surface area (Å²) in [5, 5.41) is 12.3. The van der Waals surface area contributed by atoms with Gasteiger partial charge in [0.1, 0.15) is 5.78 Å². The van der Waals surface area contributed by atoms with Crippen LogP contribution in [0.1, 0.15) is 35.3 Å². The molecule has 4 aromatic rings. The van der Waals surface area contributed by atoms with Gasteiger partial charge in [-0.25, -0.2) is 0 Å². The van der Waals surface area contributed by atoms with Crippen LogP contribution in [0.5, 0.6) is 0 Å². The minimum Gasteiger partial charge on any atom is -0.299 e. The van der Waals surface area contributed by atoms with Crippen molar-refractivity contribution in [3.8, 4) is 17.2 Å². The monoisotopic (exact) mass is 387 g/mol. The highest BCUT2D eigenvalue weighted by Gasteiger charge is 2.25. The van der Waals surface area contributed by atoms with Gasteiger partial charge < -0.3 is 0 Å². The molecule has 0 saturated carbocycles. The molecular formula is C24H20N2OS. The molecule has 28 heavy (non-hydrogen) atoms. The maximum absolute atomic E-state index is 12.2. The van der Waals surface area contributed by atoms with E-state index >= 15 is 0 Å². The van der Waals surface area contributed by atoms with E-state index in [1.165, 1.54) is 25.2 Å². The molecule has 1 unspecified atom stereocenters. The number of hydrogen-bond acceptors (Lipinski definition) is 4. The van der Waals surface area contributed by atoms with Crippen LogP contribution in [0.15, 0.2) is 54.9 Å². The van der Waals surface area contributed by atoms with Crippen LogP contribution in [-0.4, -0.2) is 10.8 Å². The van der Waals surface area contributed by atoms with Gasteiger partial charge in [0, 0.05) is 43.1 Å². The Morgan fingerprint density at radius 1 is 1.18 bits per heavy atom. The summed E-state index contributed by atoms with van der Waals surface area (Å²) < 4.78 is 24.6. The Kier molecular flexibility index (Phi) is 3.66. The summed E-state index contributed by atoms with van der Waals surface area (Å²) in [7, 11) is 0. The SMILES string of the molecule is [2H]C([2H])([2H])C(C)(Cc1cc2c(-c3ccc(C#N)c4ccccc34)cncc2s1)C(C)=O. The molecule has 0 amide bonds. The topological polar surface area (TPSA) is 53.8 Å². The lowest BCUT2D eigenvalue weighted by Crippen LogP contribution is -2.23. The third-order valence-electron chi connectivity index (χ3n) is 5.14. The molecule has 3 nitrogen and oxygen atoms in total. The summed E-state index contributed by atoms with van der Waals surface area (Å²) in [5.41, 5.74) is 1.05. The first-order valence-corrected chi connectivity index (χ1v) is 9.77. The Morgan fingerprint density at radius 2 is 1.96 bits per heavy atom. The molecule has 0 bridgehead atoms. The number of nitriles is 1. The van der Waals surface area contributed by atoms with Gasteiger partial charge in [-0.1, -0.05) is 44.1 Å². The Balaban J connectivity index is 1.88. The molecular weight excluding hydrogens is 364 g/mol. The van der Waals surface area contributed by atoms with Gasteiger partial charge in [-0.15, -0.1) is 11.3 Å². The summed E-state index contributed by atoms with van der Waals surface area (Å²) >= 11 is 1.46. The summed E-state index contributed by atoms with van der Waals surface area (Å²) in [5.74, 6) is -0.346. The van der Waals surface area contributed by atoms with Crippen molar-refractivity contribution in [1.82, 2.24) is 4.98 Å². The lowest BCUT2D eigenvalue weighted by Gasteiger charge is -2.19. The predicted octanol–water partition coefficient (Wildman–Crippen LogP) is 6.15. The molecule has 0 aliphatic carbocycles. The van der Waals surface area contributed by atoms with Crippen molar-refractivity contribution in [2.45, 2.75) is 27.1 Å². The number of hydrogen-bond donors (Lipinski definition) is 0. The molecule has 0 saturated heterocycles. The van der Waals surface area contributed by atoms with E-state index < -0.39 is 12.3 Å². The largest absolute Gasteiger partial charge is 0.299 e. The zero-order valence-electron chi connectivity index (χ0n) is 18.6. The van der Waals surface area contributed by atoms with Crippen molar-refractivity contribution in [1.29, 1.82) is 5.26 Å². The van der Waals surface area contributed by atoms with Gasteiger partial charge in [0.05, 0.1) is 16.3 Å². The number of ketones is 1. The predicted molar refractivity (Wildman–Crippen MR) is 115 cm³/mol. The molecule has 0 radical (unpaired) electrons. The molecule has 2 aromatic carbocycles. The van der Waals surface area contributed by atoms with E-state index in [-0.39, 0.29) is 12.2 Å². The molecule has 0 spiro atoms. The molecule has 0 aliphatic rings. The van der Waals surface area contributed by atoms with Crippen molar-refractivity contribution >= 4 is 38.0 Å². The third kappa shape index (κ3) is 3.08. The van der Waals surface area contributed by atoms with Crippen LogP contribution in [0.3, 0.4) is 0 Å². The van der Waals surface area contributed by atoms with Crippen molar-refractivity contribution in [2.24, 2.45) is 5.41 Å². The lowest BCUT2D eigenvalue weighted by atomic mass is 9.84. The summed E-state index contributed by atoms with van der Waals surface area (Å²) in [6.07, 6.45) is 3.70. The normalized spacial score (nSPS) is 15.4. The maximum Gasteiger partial charge on any atom is 0.135 e. The van der Waals surface area contributed by atoms with Crippen LogP contribution in [0, 0.1) is 16.7 Å². The van der Waals surface area contributed by atoms with Crippen molar-refractivity contribution in [2.75, 3.05) is 0 Å². The lowest BCUT2D eigenvalue weighted by molar-refractivity contribution is -0.124. The first-order chi connectivity index (χ1) is 14.7. The Morgan fingerprint density at radius 3 is 2.68 bits per heavy atom. The fourth-order valence-corrected chi connectivity index (χ4v) is 4.63.